The number of nitrogens with two attached hydrogens (primary N) is 1. The smallest absolute Gasteiger partial charge is 0.337 e. The summed E-state index contributed by atoms with van der Waals surface area (Å²) in [7, 11) is 1.34. The van der Waals surface area contributed by atoms with Crippen LogP contribution in [0.4, 0.5) is 5.69 Å². The van der Waals surface area contributed by atoms with Crippen molar-refractivity contribution < 1.29 is 14.3 Å². The number of esters is 1. The standard InChI is InChI=1S/C22H21N3O3/c1-14(23)19-7-6-16(21(26)25-18-8-10-24-11-9-18)13-20(19)15-4-3-5-17(12-15)22(27)28-2/h3-14H,23H2,1-2H3,(H,24,25,26). The Morgan fingerprint density at radius 1 is 1.04 bits per heavy atom. The monoisotopic (exact) mass is 375 g/mol. The number of amides is 1. The number of benzene rings is 2. The maximum atomic E-state index is 12.7. The lowest BCUT2D eigenvalue weighted by Gasteiger charge is -2.15. The molecule has 0 bridgehead atoms. The van der Waals surface area contributed by atoms with Crippen LogP contribution in [0, 0.1) is 0 Å². The minimum atomic E-state index is -0.421. The largest absolute Gasteiger partial charge is 0.465 e. The normalized spacial score (nSPS) is 11.5. The Bertz CT molecular complexity index is 1000. The molecule has 1 amide bonds. The topological polar surface area (TPSA) is 94.3 Å². The predicted octanol–water partition coefficient (Wildman–Crippen LogP) is 3.81. The zero-order valence-electron chi connectivity index (χ0n) is 15.7. The quantitative estimate of drug-likeness (QED) is 0.662. The number of anilines is 1. The molecule has 0 spiro atoms. The van der Waals surface area contributed by atoms with Gasteiger partial charge in [0.15, 0.2) is 0 Å². The molecule has 3 N–H and O–H groups in total. The first-order valence-electron chi connectivity index (χ1n) is 8.79. The number of carbonyl (C=O) groups excluding carboxylic acids is 2. The Morgan fingerprint density at radius 2 is 1.79 bits per heavy atom. The van der Waals surface area contributed by atoms with Crippen LogP contribution in [-0.4, -0.2) is 24.0 Å². The fourth-order valence-corrected chi connectivity index (χ4v) is 2.91. The van der Waals surface area contributed by atoms with Gasteiger partial charge < -0.3 is 15.8 Å². The van der Waals surface area contributed by atoms with Crippen molar-refractivity contribution in [2.24, 2.45) is 5.73 Å². The number of aromatic nitrogens is 1. The van der Waals surface area contributed by atoms with E-state index in [1.807, 2.05) is 19.1 Å². The molecule has 0 saturated carbocycles. The van der Waals surface area contributed by atoms with Crippen molar-refractivity contribution in [3.05, 3.63) is 83.7 Å². The average Bonchev–Trinajstić information content (AvgIpc) is 2.73. The molecule has 1 heterocycles. The summed E-state index contributed by atoms with van der Waals surface area (Å²) in [6.45, 7) is 1.87. The number of pyridine rings is 1. The van der Waals surface area contributed by atoms with E-state index < -0.39 is 5.97 Å². The van der Waals surface area contributed by atoms with Gasteiger partial charge in [0.05, 0.1) is 12.7 Å². The minimum Gasteiger partial charge on any atom is -0.465 e. The summed E-state index contributed by atoms with van der Waals surface area (Å²) >= 11 is 0. The van der Waals surface area contributed by atoms with Crippen molar-refractivity contribution in [1.29, 1.82) is 0 Å². The average molecular weight is 375 g/mol. The summed E-state index contributed by atoms with van der Waals surface area (Å²) in [5, 5.41) is 2.84. The molecule has 0 saturated heterocycles. The molecule has 142 valence electrons. The molecule has 0 fully saturated rings. The molecule has 6 nitrogen and oxygen atoms in total. The van der Waals surface area contributed by atoms with Gasteiger partial charge in [-0.2, -0.15) is 0 Å². The molecule has 1 aromatic heterocycles. The molecule has 0 radical (unpaired) electrons. The second-order valence-electron chi connectivity index (χ2n) is 6.35. The van der Waals surface area contributed by atoms with Crippen LogP contribution in [0.1, 0.15) is 39.2 Å². The Hall–Kier alpha value is -3.51. The number of ether oxygens (including phenoxy) is 1. The van der Waals surface area contributed by atoms with E-state index in [0.29, 0.717) is 16.8 Å². The van der Waals surface area contributed by atoms with Crippen LogP contribution in [0.2, 0.25) is 0 Å². The van der Waals surface area contributed by atoms with E-state index in [1.165, 1.54) is 7.11 Å². The van der Waals surface area contributed by atoms with E-state index in [0.717, 1.165) is 16.7 Å². The Kier molecular flexibility index (Phi) is 5.81. The molecule has 6 heteroatoms. The molecular formula is C22H21N3O3. The second kappa shape index (κ2) is 8.45. The van der Waals surface area contributed by atoms with Crippen LogP contribution in [0.15, 0.2) is 67.0 Å². The van der Waals surface area contributed by atoms with Crippen molar-refractivity contribution in [3.63, 3.8) is 0 Å². The van der Waals surface area contributed by atoms with E-state index in [9.17, 15) is 9.59 Å². The number of nitrogens with zero attached hydrogens (tertiary/aromatic N) is 1. The molecule has 1 atom stereocenters. The van der Waals surface area contributed by atoms with E-state index >= 15 is 0 Å². The third-order valence-corrected chi connectivity index (χ3v) is 4.34. The number of rotatable bonds is 5. The van der Waals surface area contributed by atoms with E-state index in [2.05, 4.69) is 10.3 Å². The maximum absolute atomic E-state index is 12.7. The third kappa shape index (κ3) is 4.24. The lowest BCUT2D eigenvalue weighted by Crippen LogP contribution is -2.13. The summed E-state index contributed by atoms with van der Waals surface area (Å²) in [5.41, 5.74) is 10.2. The molecule has 2 aromatic carbocycles. The molecule has 0 aliphatic rings. The highest BCUT2D eigenvalue weighted by atomic mass is 16.5. The Morgan fingerprint density at radius 3 is 2.46 bits per heavy atom. The molecule has 3 rings (SSSR count). The van der Waals surface area contributed by atoms with Gasteiger partial charge in [0.25, 0.3) is 5.91 Å². The van der Waals surface area contributed by atoms with E-state index in [1.54, 1.807) is 54.9 Å². The van der Waals surface area contributed by atoms with E-state index in [4.69, 9.17) is 10.5 Å². The van der Waals surface area contributed by atoms with Gasteiger partial charge >= 0.3 is 5.97 Å². The van der Waals surface area contributed by atoms with Gasteiger partial charge in [0.2, 0.25) is 0 Å². The number of methoxy groups -OCH3 is 1. The summed E-state index contributed by atoms with van der Waals surface area (Å²) < 4.78 is 4.80. The highest BCUT2D eigenvalue weighted by Gasteiger charge is 2.15. The first-order valence-corrected chi connectivity index (χ1v) is 8.79. The summed E-state index contributed by atoms with van der Waals surface area (Å²) in [6.07, 6.45) is 3.22. The highest BCUT2D eigenvalue weighted by molar-refractivity contribution is 6.05. The van der Waals surface area contributed by atoms with Gasteiger partial charge in [-0.25, -0.2) is 4.79 Å². The lowest BCUT2D eigenvalue weighted by atomic mass is 9.92. The van der Waals surface area contributed by atoms with Gasteiger partial charge in [0, 0.05) is 29.7 Å². The third-order valence-electron chi connectivity index (χ3n) is 4.34. The second-order valence-corrected chi connectivity index (χ2v) is 6.35. The van der Waals surface area contributed by atoms with Crippen molar-refractivity contribution in [2.45, 2.75) is 13.0 Å². The Labute approximate surface area is 163 Å². The van der Waals surface area contributed by atoms with Crippen LogP contribution in [0.25, 0.3) is 11.1 Å². The maximum Gasteiger partial charge on any atom is 0.337 e. The predicted molar refractivity (Wildman–Crippen MR) is 108 cm³/mol. The molecule has 0 aliphatic heterocycles. The van der Waals surface area contributed by atoms with Gasteiger partial charge in [0.1, 0.15) is 0 Å². The van der Waals surface area contributed by atoms with Crippen LogP contribution >= 0.6 is 0 Å². The zero-order valence-corrected chi connectivity index (χ0v) is 15.7. The molecule has 28 heavy (non-hydrogen) atoms. The highest BCUT2D eigenvalue weighted by Crippen LogP contribution is 2.29. The van der Waals surface area contributed by atoms with Gasteiger partial charge in [-0.15, -0.1) is 0 Å². The van der Waals surface area contributed by atoms with E-state index in [-0.39, 0.29) is 11.9 Å². The van der Waals surface area contributed by atoms with Gasteiger partial charge in [-0.3, -0.25) is 9.78 Å². The fourth-order valence-electron chi connectivity index (χ4n) is 2.91. The van der Waals surface area contributed by atoms with Crippen molar-refractivity contribution in [3.8, 4) is 11.1 Å². The lowest BCUT2D eigenvalue weighted by molar-refractivity contribution is 0.0600. The minimum absolute atomic E-state index is 0.242. The fraction of sp³-hybridized carbons (Fsp3) is 0.136. The van der Waals surface area contributed by atoms with Crippen molar-refractivity contribution >= 4 is 17.6 Å². The van der Waals surface area contributed by atoms with Gasteiger partial charge in [-0.1, -0.05) is 18.2 Å². The molecule has 1 unspecified atom stereocenters. The van der Waals surface area contributed by atoms with Gasteiger partial charge in [-0.05, 0) is 60.0 Å². The zero-order chi connectivity index (χ0) is 20.1. The van der Waals surface area contributed by atoms with Crippen molar-refractivity contribution in [2.75, 3.05) is 12.4 Å². The number of carbonyl (C=O) groups is 2. The van der Waals surface area contributed by atoms with Crippen LogP contribution in [0.3, 0.4) is 0 Å². The SMILES string of the molecule is COC(=O)c1cccc(-c2cc(C(=O)Nc3ccncc3)ccc2C(C)N)c1. The number of hydrogen-bond acceptors (Lipinski definition) is 5. The van der Waals surface area contributed by atoms with Crippen LogP contribution < -0.4 is 11.1 Å². The van der Waals surface area contributed by atoms with Crippen LogP contribution in [-0.2, 0) is 4.74 Å². The number of nitrogens with one attached hydrogen (secondary N) is 1. The first-order chi connectivity index (χ1) is 13.5. The Balaban J connectivity index is 2.01. The summed E-state index contributed by atoms with van der Waals surface area (Å²) in [6, 6.07) is 15.6. The first kappa shape index (κ1) is 19.3. The number of hydrogen-bond donors (Lipinski definition) is 2. The summed E-state index contributed by atoms with van der Waals surface area (Å²) in [4.78, 5) is 28.5. The molecule has 0 aliphatic carbocycles. The summed E-state index contributed by atoms with van der Waals surface area (Å²) in [5.74, 6) is -0.663. The van der Waals surface area contributed by atoms with Crippen molar-refractivity contribution in [1.82, 2.24) is 4.98 Å². The molecule has 3 aromatic rings. The van der Waals surface area contributed by atoms with Crippen LogP contribution in [0.5, 0.6) is 0 Å². The molecular weight excluding hydrogens is 354 g/mol.